The third-order valence-corrected chi connectivity index (χ3v) is 6.60. The Hall–Kier alpha value is -2.25. The highest BCUT2D eigenvalue weighted by atomic mass is 16.7. The molecule has 2 aliphatic heterocycles. The Balaban J connectivity index is 2.19. The number of aliphatic hydroxyl groups excluding tert-OH is 4. The minimum atomic E-state index is -1.82. The largest absolute Gasteiger partial charge is 0.481 e. The lowest BCUT2D eigenvalue weighted by Crippen LogP contribution is -2.66. The minimum absolute atomic E-state index is 0.00395. The Morgan fingerprint density at radius 1 is 0.875 bits per heavy atom. The van der Waals surface area contributed by atoms with Gasteiger partial charge in [0.1, 0.15) is 36.6 Å². The number of methoxy groups -OCH3 is 2. The van der Waals surface area contributed by atoms with E-state index in [1.165, 1.54) is 21.1 Å². The second kappa shape index (κ2) is 14.6. The summed E-state index contributed by atoms with van der Waals surface area (Å²) in [6.07, 6.45) is -16.5. The highest BCUT2D eigenvalue weighted by Gasteiger charge is 2.54. The molecule has 2 saturated heterocycles. The van der Waals surface area contributed by atoms with Crippen molar-refractivity contribution in [2.24, 2.45) is 0 Å². The molecule has 2 aliphatic rings. The minimum Gasteiger partial charge on any atom is -0.481 e. The maximum Gasteiger partial charge on any atom is 0.343 e. The van der Waals surface area contributed by atoms with Gasteiger partial charge < -0.3 is 63.8 Å². The van der Waals surface area contributed by atoms with Gasteiger partial charge in [0.05, 0.1) is 45.9 Å². The third kappa shape index (κ3) is 8.62. The number of hydrogen-bond donors (Lipinski definition) is 6. The molecule has 0 saturated carbocycles. The van der Waals surface area contributed by atoms with Crippen LogP contribution in [0.25, 0.3) is 0 Å². The van der Waals surface area contributed by atoms with Gasteiger partial charge in [-0.25, -0.2) is 4.79 Å². The van der Waals surface area contributed by atoms with Crippen molar-refractivity contribution >= 4 is 17.8 Å². The monoisotopic (exact) mass is 581 g/mol. The number of rotatable bonds is 13. The Morgan fingerprint density at radius 3 is 2.00 bits per heavy atom. The van der Waals surface area contributed by atoms with E-state index in [1.54, 1.807) is 14.1 Å². The van der Waals surface area contributed by atoms with E-state index in [4.69, 9.17) is 33.5 Å². The van der Waals surface area contributed by atoms with Crippen molar-refractivity contribution in [1.29, 1.82) is 0 Å². The standard InChI is InChI=1S/C24H40N2O14/c1-11(2)37-22(34)20-18(14(30)15(31)23(36-6)40-20)38-24-16(32)13(29)17(35-5)19(39-24)21(33)25-8-10-26(3,4)9-7-12(27)28/h13-20,23-24,29-32H,1,7-10H2,2-6H3,(H-,25,27,28,33)/p+1/t13-,14-,15-,16-,17+,18+,19?,20?,23?,24?/m1/s1. The number of nitrogens with one attached hydrogen (secondary N) is 1. The average Bonchev–Trinajstić information content (AvgIpc) is 2.87. The number of likely N-dealkylation sites (N-methyl/N-ethyl adjacent to an activating group) is 1. The van der Waals surface area contributed by atoms with Crippen molar-refractivity contribution in [1.82, 2.24) is 5.32 Å². The number of aliphatic hydroxyl groups is 4. The number of esters is 1. The van der Waals surface area contributed by atoms with Crippen LogP contribution < -0.4 is 5.32 Å². The van der Waals surface area contributed by atoms with Crippen LogP contribution in [0.3, 0.4) is 0 Å². The van der Waals surface area contributed by atoms with Gasteiger partial charge in [-0.05, 0) is 6.92 Å². The molecule has 2 fully saturated rings. The van der Waals surface area contributed by atoms with Crippen molar-refractivity contribution < 1.29 is 72.8 Å². The Morgan fingerprint density at radius 2 is 1.45 bits per heavy atom. The van der Waals surface area contributed by atoms with Gasteiger partial charge in [0, 0.05) is 14.2 Å². The number of aliphatic carboxylic acids is 1. The summed E-state index contributed by atoms with van der Waals surface area (Å²) in [6.45, 7) is 5.65. The predicted octanol–water partition coefficient (Wildman–Crippen LogP) is -3.33. The van der Waals surface area contributed by atoms with Crippen LogP contribution in [0.4, 0.5) is 0 Å². The van der Waals surface area contributed by atoms with Crippen molar-refractivity contribution in [3.8, 4) is 0 Å². The molecule has 0 aromatic carbocycles. The predicted molar refractivity (Wildman–Crippen MR) is 132 cm³/mol. The molecule has 16 nitrogen and oxygen atoms in total. The SMILES string of the molecule is C=C(C)OC(=O)C1OC(OC)[C@H](O)[C@@H](O)[C@@H]1OC1OC(C(=O)NCC[N+](C)(C)CCC(=O)O)[C@@H](OC)[C@H](O)[C@H]1O. The van der Waals surface area contributed by atoms with Crippen LogP contribution >= 0.6 is 0 Å². The number of amides is 1. The fraction of sp³-hybridized carbons (Fsp3) is 0.792. The second-order valence-corrected chi connectivity index (χ2v) is 10.3. The molecule has 40 heavy (non-hydrogen) atoms. The maximum atomic E-state index is 13.0. The Bertz CT molecular complexity index is 901. The quantitative estimate of drug-likeness (QED) is 0.0712. The second-order valence-electron chi connectivity index (χ2n) is 10.3. The van der Waals surface area contributed by atoms with Gasteiger partial charge in [-0.3, -0.25) is 9.59 Å². The summed E-state index contributed by atoms with van der Waals surface area (Å²) in [5.74, 6) is -2.73. The van der Waals surface area contributed by atoms with Crippen LogP contribution in [0.15, 0.2) is 12.3 Å². The number of hydrogen-bond acceptors (Lipinski definition) is 13. The van der Waals surface area contributed by atoms with Gasteiger partial charge >= 0.3 is 11.9 Å². The number of carbonyl (C=O) groups is 3. The lowest BCUT2D eigenvalue weighted by molar-refractivity contribution is -0.888. The highest BCUT2D eigenvalue weighted by Crippen LogP contribution is 2.31. The summed E-state index contributed by atoms with van der Waals surface area (Å²) < 4.78 is 32.1. The molecule has 230 valence electrons. The molecule has 0 radical (unpaired) electrons. The first kappa shape index (κ1) is 34.0. The van der Waals surface area contributed by atoms with Crippen LogP contribution in [0.5, 0.6) is 0 Å². The molecule has 0 aliphatic carbocycles. The first-order valence-electron chi connectivity index (χ1n) is 12.6. The molecule has 2 heterocycles. The highest BCUT2D eigenvalue weighted by molar-refractivity contribution is 5.81. The molecule has 4 unspecified atom stereocenters. The van der Waals surface area contributed by atoms with E-state index in [0.29, 0.717) is 17.6 Å². The van der Waals surface area contributed by atoms with E-state index >= 15 is 0 Å². The summed E-state index contributed by atoms with van der Waals surface area (Å²) in [5, 5.41) is 54.0. The smallest absolute Gasteiger partial charge is 0.343 e. The summed E-state index contributed by atoms with van der Waals surface area (Å²) in [7, 11) is 5.96. The maximum absolute atomic E-state index is 13.0. The van der Waals surface area contributed by atoms with Crippen LogP contribution in [0.2, 0.25) is 0 Å². The topological polar surface area (TPSA) is 220 Å². The van der Waals surface area contributed by atoms with Crippen molar-refractivity contribution in [2.75, 3.05) is 47.9 Å². The van der Waals surface area contributed by atoms with E-state index in [2.05, 4.69) is 11.9 Å². The average molecular weight is 582 g/mol. The summed E-state index contributed by atoms with van der Waals surface area (Å²) in [6, 6.07) is 0. The van der Waals surface area contributed by atoms with Gasteiger partial charge in [0.15, 0.2) is 24.8 Å². The van der Waals surface area contributed by atoms with Gasteiger partial charge in [0.2, 0.25) is 0 Å². The van der Waals surface area contributed by atoms with Gasteiger partial charge in [0.25, 0.3) is 5.91 Å². The fourth-order valence-corrected chi connectivity index (χ4v) is 4.27. The fourth-order valence-electron chi connectivity index (χ4n) is 4.27. The lowest BCUT2D eigenvalue weighted by Gasteiger charge is -2.45. The normalized spacial score (nSPS) is 34.6. The summed E-state index contributed by atoms with van der Waals surface area (Å²) >= 11 is 0. The number of carboxylic acid groups (broad SMARTS) is 1. The van der Waals surface area contributed by atoms with Gasteiger partial charge in [-0.2, -0.15) is 0 Å². The third-order valence-electron chi connectivity index (χ3n) is 6.60. The zero-order valence-electron chi connectivity index (χ0n) is 23.2. The van der Waals surface area contributed by atoms with E-state index in [-0.39, 0.29) is 18.7 Å². The summed E-state index contributed by atoms with van der Waals surface area (Å²) in [5.41, 5.74) is 0. The Kier molecular flexibility index (Phi) is 12.4. The molecule has 1 amide bonds. The van der Waals surface area contributed by atoms with Crippen LogP contribution in [-0.2, 0) is 42.8 Å². The van der Waals surface area contributed by atoms with Crippen molar-refractivity contribution in [3.05, 3.63) is 12.3 Å². The van der Waals surface area contributed by atoms with Gasteiger partial charge in [-0.1, -0.05) is 6.58 Å². The van der Waals surface area contributed by atoms with E-state index < -0.39 is 79.3 Å². The lowest BCUT2D eigenvalue weighted by atomic mass is 9.96. The van der Waals surface area contributed by atoms with Crippen LogP contribution in [0.1, 0.15) is 13.3 Å². The zero-order chi connectivity index (χ0) is 30.4. The molecule has 16 heteroatoms. The van der Waals surface area contributed by atoms with E-state index in [1.807, 2.05) is 0 Å². The van der Waals surface area contributed by atoms with Gasteiger partial charge in [-0.15, -0.1) is 0 Å². The molecule has 0 bridgehead atoms. The number of carbonyl (C=O) groups excluding carboxylic acids is 2. The van der Waals surface area contributed by atoms with E-state index in [9.17, 15) is 34.8 Å². The summed E-state index contributed by atoms with van der Waals surface area (Å²) in [4.78, 5) is 36.6. The molecule has 10 atom stereocenters. The number of quaternary nitrogens is 1. The van der Waals surface area contributed by atoms with Crippen LogP contribution in [-0.4, -0.2) is 157 Å². The number of ether oxygens (including phenoxy) is 6. The van der Waals surface area contributed by atoms with E-state index in [0.717, 1.165) is 0 Å². The first-order chi connectivity index (χ1) is 18.6. The number of nitrogens with zero attached hydrogens (tertiary/aromatic N) is 1. The molecular weight excluding hydrogens is 540 g/mol. The molecular formula is C24H41N2O14+. The molecule has 0 spiro atoms. The van der Waals surface area contributed by atoms with Crippen molar-refractivity contribution in [2.45, 2.75) is 74.8 Å². The first-order valence-corrected chi connectivity index (χ1v) is 12.6. The molecule has 6 N–H and O–H groups in total. The number of allylic oxidation sites excluding steroid dienone is 1. The molecule has 2 rings (SSSR count). The van der Waals surface area contributed by atoms with Crippen LogP contribution in [0, 0.1) is 0 Å². The van der Waals surface area contributed by atoms with Crippen molar-refractivity contribution in [3.63, 3.8) is 0 Å². The Labute approximate surface area is 231 Å². The molecule has 0 aromatic rings. The number of carboxylic acids is 1. The molecule has 0 aromatic heterocycles. The zero-order valence-corrected chi connectivity index (χ0v) is 23.2.